The summed E-state index contributed by atoms with van der Waals surface area (Å²) in [5.41, 5.74) is 1.40. The van der Waals surface area contributed by atoms with Crippen LogP contribution < -0.4 is 9.47 Å². The lowest BCUT2D eigenvalue weighted by Crippen LogP contribution is -2.37. The molecule has 0 N–H and O–H groups in total. The van der Waals surface area contributed by atoms with Crippen molar-refractivity contribution in [1.29, 1.82) is 0 Å². The van der Waals surface area contributed by atoms with Gasteiger partial charge < -0.3 is 14.4 Å². The molecule has 168 valence electrons. The Bertz CT molecular complexity index is 1020. The minimum atomic E-state index is -2.97. The number of hydrogen-bond acceptors (Lipinski definition) is 5. The topological polar surface area (TPSA) is 76.2 Å². The van der Waals surface area contributed by atoms with E-state index in [4.69, 9.17) is 4.74 Å². The van der Waals surface area contributed by atoms with E-state index in [1.54, 1.807) is 41.3 Å². The maximum absolute atomic E-state index is 13.0. The molecule has 0 radical (unpaired) electrons. The van der Waals surface area contributed by atoms with Crippen LogP contribution >= 0.6 is 0 Å². The summed E-state index contributed by atoms with van der Waals surface area (Å²) in [6, 6.07) is 11.2. The first-order chi connectivity index (χ1) is 15.4. The van der Waals surface area contributed by atoms with E-state index < -0.39 is 18.4 Å². The van der Waals surface area contributed by atoms with Crippen molar-refractivity contribution < 1.29 is 32.6 Å². The fourth-order valence-corrected chi connectivity index (χ4v) is 3.80. The number of ether oxygens (including phenoxy) is 2. The summed E-state index contributed by atoms with van der Waals surface area (Å²) in [4.78, 5) is 40.8. The number of amides is 3. The molecule has 3 amide bonds. The van der Waals surface area contributed by atoms with E-state index in [1.165, 1.54) is 13.2 Å². The summed E-state index contributed by atoms with van der Waals surface area (Å²) in [5.74, 6) is -0.902. The van der Waals surface area contributed by atoms with Gasteiger partial charge in [0.1, 0.15) is 0 Å². The van der Waals surface area contributed by atoms with Gasteiger partial charge in [-0.05, 0) is 42.7 Å². The zero-order valence-corrected chi connectivity index (χ0v) is 17.4. The number of methoxy groups -OCH3 is 1. The minimum absolute atomic E-state index is 0.00110. The fraction of sp³-hybridized carbons (Fsp3) is 0.348. The zero-order valence-electron chi connectivity index (χ0n) is 17.4. The highest BCUT2D eigenvalue weighted by atomic mass is 19.3. The molecule has 0 aromatic heterocycles. The van der Waals surface area contributed by atoms with Crippen LogP contribution in [0.1, 0.15) is 45.5 Å². The molecular weight excluding hydrogens is 422 g/mol. The first-order valence-corrected chi connectivity index (χ1v) is 10.3. The van der Waals surface area contributed by atoms with Gasteiger partial charge in [0.15, 0.2) is 11.5 Å². The first kappa shape index (κ1) is 21.7. The molecule has 2 aliphatic rings. The molecule has 1 fully saturated rings. The number of benzene rings is 2. The number of carbonyl (C=O) groups is 3. The van der Waals surface area contributed by atoms with Gasteiger partial charge in [-0.3, -0.25) is 19.3 Å². The van der Waals surface area contributed by atoms with Crippen LogP contribution in [0.3, 0.4) is 0 Å². The molecule has 1 heterocycles. The molecule has 0 unspecified atom stereocenters. The van der Waals surface area contributed by atoms with Gasteiger partial charge >= 0.3 is 6.61 Å². The molecule has 2 aromatic rings. The van der Waals surface area contributed by atoms with Crippen molar-refractivity contribution in [2.75, 3.05) is 13.7 Å². The van der Waals surface area contributed by atoms with Gasteiger partial charge in [0.2, 0.25) is 5.91 Å². The number of fused-ring (bicyclic) bond motifs is 1. The molecule has 1 aliphatic heterocycles. The normalized spacial score (nSPS) is 15.2. The molecular formula is C23H22F2N2O5. The highest BCUT2D eigenvalue weighted by Gasteiger charge is 2.37. The van der Waals surface area contributed by atoms with Crippen molar-refractivity contribution >= 4 is 17.7 Å². The van der Waals surface area contributed by atoms with Crippen LogP contribution in [0.2, 0.25) is 0 Å². The molecule has 0 atom stereocenters. The molecule has 2 aromatic carbocycles. The van der Waals surface area contributed by atoms with Gasteiger partial charge in [0, 0.05) is 25.6 Å². The molecule has 7 nitrogen and oxygen atoms in total. The summed E-state index contributed by atoms with van der Waals surface area (Å²) < 4.78 is 34.6. The lowest BCUT2D eigenvalue weighted by Gasteiger charge is -2.24. The third kappa shape index (κ3) is 4.42. The van der Waals surface area contributed by atoms with E-state index in [1.807, 2.05) is 0 Å². The second-order valence-corrected chi connectivity index (χ2v) is 7.67. The maximum atomic E-state index is 13.0. The highest BCUT2D eigenvalue weighted by molar-refractivity contribution is 6.21. The summed E-state index contributed by atoms with van der Waals surface area (Å²) in [6.07, 6.45) is 1.73. The lowest BCUT2D eigenvalue weighted by molar-refractivity contribution is -0.132. The van der Waals surface area contributed by atoms with Crippen LogP contribution in [-0.4, -0.2) is 53.8 Å². The number of rotatable bonds is 9. The third-order valence-electron chi connectivity index (χ3n) is 5.53. The number of imide groups is 1. The third-order valence-corrected chi connectivity index (χ3v) is 5.53. The van der Waals surface area contributed by atoms with Crippen LogP contribution in [0.4, 0.5) is 8.78 Å². The SMILES string of the molecule is COc1cc(CN(C(=O)CCN2C(=O)c3ccccc3C2=O)C2CC2)ccc1OC(F)F. The molecule has 32 heavy (non-hydrogen) atoms. The Morgan fingerprint density at radius 3 is 2.31 bits per heavy atom. The molecule has 0 saturated heterocycles. The lowest BCUT2D eigenvalue weighted by atomic mass is 10.1. The Kier molecular flexibility index (Phi) is 6.07. The smallest absolute Gasteiger partial charge is 0.387 e. The van der Waals surface area contributed by atoms with Crippen molar-refractivity contribution in [3.63, 3.8) is 0 Å². The van der Waals surface area contributed by atoms with E-state index in [9.17, 15) is 23.2 Å². The van der Waals surface area contributed by atoms with Gasteiger partial charge in [-0.25, -0.2) is 0 Å². The predicted molar refractivity (Wildman–Crippen MR) is 110 cm³/mol. The van der Waals surface area contributed by atoms with Gasteiger partial charge in [-0.15, -0.1) is 0 Å². The molecule has 1 saturated carbocycles. The summed E-state index contributed by atoms with van der Waals surface area (Å²) in [6.45, 7) is -2.71. The van der Waals surface area contributed by atoms with E-state index in [0.717, 1.165) is 17.7 Å². The average Bonchev–Trinajstić information content (AvgIpc) is 3.59. The van der Waals surface area contributed by atoms with Crippen molar-refractivity contribution in [3.8, 4) is 11.5 Å². The average molecular weight is 444 g/mol. The molecule has 1 aliphatic carbocycles. The van der Waals surface area contributed by atoms with E-state index in [2.05, 4.69) is 4.74 Å². The van der Waals surface area contributed by atoms with E-state index in [0.29, 0.717) is 16.7 Å². The van der Waals surface area contributed by atoms with Gasteiger partial charge in [-0.2, -0.15) is 8.78 Å². The predicted octanol–water partition coefficient (Wildman–Crippen LogP) is 3.47. The number of alkyl halides is 2. The quantitative estimate of drug-likeness (QED) is 0.554. The zero-order chi connectivity index (χ0) is 22.8. The molecule has 0 spiro atoms. The standard InChI is InChI=1S/C23H22F2N2O5/c1-31-19-12-14(6-9-18(19)32-23(24)25)13-27(15-7-8-15)20(28)10-11-26-21(29)16-4-2-3-5-17(16)22(26)30/h2-6,9,12,15,23H,7-8,10-11,13H2,1H3. The van der Waals surface area contributed by atoms with Crippen LogP contribution in [0.5, 0.6) is 11.5 Å². The fourth-order valence-electron chi connectivity index (χ4n) is 3.80. The molecule has 9 heteroatoms. The van der Waals surface area contributed by atoms with Crippen LogP contribution in [0, 0.1) is 0 Å². The van der Waals surface area contributed by atoms with Crippen molar-refractivity contribution in [2.45, 2.75) is 38.5 Å². The van der Waals surface area contributed by atoms with E-state index in [-0.39, 0.29) is 43.0 Å². The van der Waals surface area contributed by atoms with Crippen LogP contribution in [0.25, 0.3) is 0 Å². The maximum Gasteiger partial charge on any atom is 0.387 e. The van der Waals surface area contributed by atoms with Gasteiger partial charge in [0.05, 0.1) is 18.2 Å². The summed E-state index contributed by atoms with van der Waals surface area (Å²) >= 11 is 0. The second-order valence-electron chi connectivity index (χ2n) is 7.67. The van der Waals surface area contributed by atoms with E-state index >= 15 is 0 Å². The van der Waals surface area contributed by atoms with Gasteiger partial charge in [0.25, 0.3) is 11.8 Å². The first-order valence-electron chi connectivity index (χ1n) is 10.3. The number of halogens is 2. The number of hydrogen-bond donors (Lipinski definition) is 0. The Hall–Kier alpha value is -3.49. The Labute approximate surface area is 183 Å². The number of carbonyl (C=O) groups excluding carboxylic acids is 3. The monoisotopic (exact) mass is 444 g/mol. The Morgan fingerprint density at radius 2 is 1.75 bits per heavy atom. The van der Waals surface area contributed by atoms with Gasteiger partial charge in [-0.1, -0.05) is 18.2 Å². The van der Waals surface area contributed by atoms with Crippen LogP contribution in [0.15, 0.2) is 42.5 Å². The largest absolute Gasteiger partial charge is 0.493 e. The van der Waals surface area contributed by atoms with Crippen molar-refractivity contribution in [2.24, 2.45) is 0 Å². The minimum Gasteiger partial charge on any atom is -0.493 e. The molecule has 4 rings (SSSR count). The summed E-state index contributed by atoms with van der Waals surface area (Å²) in [7, 11) is 1.35. The Balaban J connectivity index is 1.42. The summed E-state index contributed by atoms with van der Waals surface area (Å²) in [5, 5.41) is 0. The van der Waals surface area contributed by atoms with Crippen LogP contribution in [-0.2, 0) is 11.3 Å². The number of nitrogens with zero attached hydrogens (tertiary/aromatic N) is 2. The molecule has 0 bridgehead atoms. The highest BCUT2D eigenvalue weighted by Crippen LogP contribution is 2.33. The second kappa shape index (κ2) is 8.94. The van der Waals surface area contributed by atoms with Crippen molar-refractivity contribution in [3.05, 3.63) is 59.2 Å². The Morgan fingerprint density at radius 1 is 1.09 bits per heavy atom. The van der Waals surface area contributed by atoms with Crippen molar-refractivity contribution in [1.82, 2.24) is 9.80 Å².